The SMILES string of the molecule is Cc1c([C@H](C)NC(=O)Nc2ccc3c(c2)OC(F)(F)O3)cnn1C. The number of halogens is 2. The average molecular weight is 338 g/mol. The molecule has 3 rings (SSSR count). The number of ether oxygens (including phenoxy) is 2. The van der Waals surface area contributed by atoms with Crippen molar-refractivity contribution in [3.8, 4) is 11.5 Å². The first-order valence-corrected chi connectivity index (χ1v) is 7.21. The number of alkyl halides is 2. The number of amides is 2. The molecule has 0 saturated carbocycles. The predicted octanol–water partition coefficient (Wildman–Crippen LogP) is 2.93. The molecule has 0 aliphatic carbocycles. The van der Waals surface area contributed by atoms with E-state index in [-0.39, 0.29) is 17.5 Å². The maximum atomic E-state index is 13.0. The highest BCUT2D eigenvalue weighted by Crippen LogP contribution is 2.42. The van der Waals surface area contributed by atoms with Gasteiger partial charge in [-0.25, -0.2) is 4.79 Å². The standard InChI is InChI=1S/C15H16F2N4O3/c1-8(11-7-18-21(3)9(11)2)19-14(22)20-10-4-5-12-13(6-10)24-15(16,17)23-12/h4-8H,1-3H3,(H2,19,20,22)/t8-/m0/s1. The van der Waals surface area contributed by atoms with Crippen molar-refractivity contribution in [1.29, 1.82) is 0 Å². The number of aromatic nitrogens is 2. The van der Waals surface area contributed by atoms with Gasteiger partial charge in [-0.15, -0.1) is 8.78 Å². The molecule has 1 aromatic carbocycles. The van der Waals surface area contributed by atoms with E-state index < -0.39 is 12.3 Å². The Morgan fingerprint density at radius 1 is 1.33 bits per heavy atom. The van der Waals surface area contributed by atoms with Crippen LogP contribution in [0.1, 0.15) is 24.2 Å². The van der Waals surface area contributed by atoms with Crippen molar-refractivity contribution in [3.05, 3.63) is 35.7 Å². The summed E-state index contributed by atoms with van der Waals surface area (Å²) >= 11 is 0. The summed E-state index contributed by atoms with van der Waals surface area (Å²) in [4.78, 5) is 12.1. The summed E-state index contributed by atoms with van der Waals surface area (Å²) in [6.07, 6.45) is -2.00. The fourth-order valence-electron chi connectivity index (χ4n) is 2.41. The van der Waals surface area contributed by atoms with Crippen LogP contribution in [0.4, 0.5) is 19.3 Å². The van der Waals surface area contributed by atoms with Gasteiger partial charge in [0.2, 0.25) is 0 Å². The molecule has 0 radical (unpaired) electrons. The predicted molar refractivity (Wildman–Crippen MR) is 81.2 cm³/mol. The van der Waals surface area contributed by atoms with Crippen LogP contribution in [0.25, 0.3) is 0 Å². The van der Waals surface area contributed by atoms with Crippen molar-refractivity contribution in [1.82, 2.24) is 15.1 Å². The number of nitrogens with one attached hydrogen (secondary N) is 2. The number of benzene rings is 1. The molecule has 1 aliphatic heterocycles. The van der Waals surface area contributed by atoms with Gasteiger partial charge in [0.1, 0.15) is 0 Å². The zero-order chi connectivity index (χ0) is 17.5. The molecule has 128 valence electrons. The number of nitrogens with zero attached hydrogens (tertiary/aromatic N) is 2. The summed E-state index contributed by atoms with van der Waals surface area (Å²) in [6.45, 7) is 3.72. The molecule has 0 fully saturated rings. The highest BCUT2D eigenvalue weighted by molar-refractivity contribution is 5.90. The van der Waals surface area contributed by atoms with Crippen molar-refractivity contribution < 1.29 is 23.0 Å². The normalized spacial score (nSPS) is 15.9. The monoisotopic (exact) mass is 338 g/mol. The first-order valence-electron chi connectivity index (χ1n) is 7.21. The van der Waals surface area contributed by atoms with Gasteiger partial charge in [0.25, 0.3) is 0 Å². The highest BCUT2D eigenvalue weighted by atomic mass is 19.3. The maximum Gasteiger partial charge on any atom is 0.586 e. The lowest BCUT2D eigenvalue weighted by Crippen LogP contribution is -2.31. The minimum absolute atomic E-state index is 0.0784. The van der Waals surface area contributed by atoms with Gasteiger partial charge >= 0.3 is 12.3 Å². The van der Waals surface area contributed by atoms with E-state index in [1.165, 1.54) is 18.2 Å². The van der Waals surface area contributed by atoms with Gasteiger partial charge in [0.05, 0.1) is 12.2 Å². The Morgan fingerprint density at radius 2 is 2.04 bits per heavy atom. The number of hydrogen-bond donors (Lipinski definition) is 2. The van der Waals surface area contributed by atoms with Crippen LogP contribution in [0, 0.1) is 6.92 Å². The maximum absolute atomic E-state index is 13.0. The van der Waals surface area contributed by atoms with Crippen molar-refractivity contribution >= 4 is 11.7 Å². The Labute approximate surface area is 136 Å². The van der Waals surface area contributed by atoms with Crippen LogP contribution in [0.3, 0.4) is 0 Å². The summed E-state index contributed by atoms with van der Waals surface area (Å²) in [6, 6.07) is 3.29. The van der Waals surface area contributed by atoms with E-state index in [1.54, 1.807) is 10.9 Å². The molecule has 0 unspecified atom stereocenters. The lowest BCUT2D eigenvalue weighted by Gasteiger charge is -2.14. The van der Waals surface area contributed by atoms with E-state index in [9.17, 15) is 13.6 Å². The molecule has 1 atom stereocenters. The molecule has 2 amide bonds. The van der Waals surface area contributed by atoms with Crippen molar-refractivity contribution in [2.45, 2.75) is 26.2 Å². The molecule has 7 nitrogen and oxygen atoms in total. The fourth-order valence-corrected chi connectivity index (χ4v) is 2.41. The number of fused-ring (bicyclic) bond motifs is 1. The Hall–Kier alpha value is -2.84. The Balaban J connectivity index is 1.65. The Kier molecular flexibility index (Phi) is 3.78. The van der Waals surface area contributed by atoms with Gasteiger partial charge in [-0.3, -0.25) is 4.68 Å². The molecule has 9 heteroatoms. The third-order valence-corrected chi connectivity index (χ3v) is 3.75. The molecule has 0 spiro atoms. The van der Waals surface area contributed by atoms with Gasteiger partial charge < -0.3 is 20.1 Å². The highest BCUT2D eigenvalue weighted by Gasteiger charge is 2.43. The number of carbonyl (C=O) groups excluding carboxylic acids is 1. The van der Waals surface area contributed by atoms with Crippen LogP contribution in [0.2, 0.25) is 0 Å². The van der Waals surface area contributed by atoms with E-state index in [0.29, 0.717) is 5.69 Å². The van der Waals surface area contributed by atoms with Crippen LogP contribution in [-0.4, -0.2) is 22.1 Å². The number of hydrogen-bond acceptors (Lipinski definition) is 4. The topological polar surface area (TPSA) is 77.4 Å². The quantitative estimate of drug-likeness (QED) is 0.902. The lowest BCUT2D eigenvalue weighted by molar-refractivity contribution is -0.286. The van der Waals surface area contributed by atoms with Gasteiger partial charge in [-0.1, -0.05) is 0 Å². The minimum atomic E-state index is -3.68. The Bertz CT molecular complexity index is 791. The van der Waals surface area contributed by atoms with Gasteiger partial charge in [0.15, 0.2) is 11.5 Å². The largest absolute Gasteiger partial charge is 0.586 e. The van der Waals surface area contributed by atoms with Gasteiger partial charge in [0, 0.05) is 30.1 Å². The zero-order valence-corrected chi connectivity index (χ0v) is 13.3. The molecule has 1 aliphatic rings. The second-order valence-electron chi connectivity index (χ2n) is 5.46. The zero-order valence-electron chi connectivity index (χ0n) is 13.3. The van der Waals surface area contributed by atoms with Crippen molar-refractivity contribution in [2.24, 2.45) is 7.05 Å². The van der Waals surface area contributed by atoms with Crippen LogP contribution in [-0.2, 0) is 7.05 Å². The summed E-state index contributed by atoms with van der Waals surface area (Å²) in [5, 5.41) is 9.45. The Morgan fingerprint density at radius 3 is 2.71 bits per heavy atom. The molecule has 2 aromatic rings. The van der Waals surface area contributed by atoms with Crippen molar-refractivity contribution in [2.75, 3.05) is 5.32 Å². The molecule has 0 saturated heterocycles. The molecular weight excluding hydrogens is 322 g/mol. The second-order valence-corrected chi connectivity index (χ2v) is 5.46. The number of urea groups is 1. The number of carbonyl (C=O) groups is 1. The fraction of sp³-hybridized carbons (Fsp3) is 0.333. The lowest BCUT2D eigenvalue weighted by atomic mass is 10.1. The van der Waals surface area contributed by atoms with Crippen molar-refractivity contribution in [3.63, 3.8) is 0 Å². The summed E-state index contributed by atoms with van der Waals surface area (Å²) < 4.78 is 36.3. The molecule has 2 heterocycles. The molecular formula is C15H16F2N4O3. The van der Waals surface area contributed by atoms with Gasteiger partial charge in [-0.05, 0) is 26.0 Å². The number of aryl methyl sites for hydroxylation is 1. The van der Waals surface area contributed by atoms with Crippen LogP contribution in [0.5, 0.6) is 11.5 Å². The summed E-state index contributed by atoms with van der Waals surface area (Å²) in [7, 11) is 1.81. The third kappa shape index (κ3) is 3.10. The number of anilines is 1. The van der Waals surface area contributed by atoms with Gasteiger partial charge in [-0.2, -0.15) is 5.10 Å². The first-order chi connectivity index (χ1) is 11.2. The molecule has 0 bridgehead atoms. The van der Waals surface area contributed by atoms with E-state index in [0.717, 1.165) is 11.3 Å². The molecule has 24 heavy (non-hydrogen) atoms. The summed E-state index contributed by atoms with van der Waals surface area (Å²) in [5.74, 6) is -0.209. The molecule has 2 N–H and O–H groups in total. The van der Waals surface area contributed by atoms with E-state index in [4.69, 9.17) is 0 Å². The minimum Gasteiger partial charge on any atom is -0.395 e. The smallest absolute Gasteiger partial charge is 0.395 e. The van der Waals surface area contributed by atoms with E-state index >= 15 is 0 Å². The molecule has 1 aromatic heterocycles. The first kappa shape index (κ1) is 16.0. The number of rotatable bonds is 3. The second kappa shape index (κ2) is 5.66. The van der Waals surface area contributed by atoms with E-state index in [1.807, 2.05) is 20.9 Å². The van der Waals surface area contributed by atoms with Crippen LogP contribution >= 0.6 is 0 Å². The third-order valence-electron chi connectivity index (χ3n) is 3.75. The average Bonchev–Trinajstić information content (AvgIpc) is 2.97. The van der Waals surface area contributed by atoms with Crippen LogP contribution < -0.4 is 20.1 Å². The van der Waals surface area contributed by atoms with Crippen LogP contribution in [0.15, 0.2) is 24.4 Å². The van der Waals surface area contributed by atoms with E-state index in [2.05, 4.69) is 25.2 Å². The summed E-state index contributed by atoms with van der Waals surface area (Å²) in [5.41, 5.74) is 2.13.